The summed E-state index contributed by atoms with van der Waals surface area (Å²) in [5.74, 6) is 0. The van der Waals surface area contributed by atoms with Crippen LogP contribution >= 0.6 is 0 Å². The maximum atomic E-state index is 5.18. The number of unbranched alkanes of at least 4 members (excludes halogenated alkanes) is 2. The van der Waals surface area contributed by atoms with E-state index in [2.05, 4.69) is 205 Å². The van der Waals surface area contributed by atoms with E-state index in [1.165, 1.54) is 92.0 Å². The van der Waals surface area contributed by atoms with E-state index in [9.17, 15) is 0 Å². The molecule has 1 heterocycles. The summed E-state index contributed by atoms with van der Waals surface area (Å²) in [6, 6.07) is 61.1. The molecule has 2 aliphatic rings. The molecule has 0 aliphatic heterocycles. The SMILES string of the molecule is C=C1/C=C(N(c2ccccc2)c2ccc3c(c2)c2ccccc2n3-c2ccccc2)\C=C/Cc2ccccc2C12c1cc(CCCC)ccc1-c1ccc(CCCC)cc12. The summed E-state index contributed by atoms with van der Waals surface area (Å²) in [5.41, 5.74) is 18.2. The summed E-state index contributed by atoms with van der Waals surface area (Å²) >= 11 is 0. The number of aromatic nitrogens is 1. The lowest BCUT2D eigenvalue weighted by molar-refractivity contribution is 0.745. The van der Waals surface area contributed by atoms with Gasteiger partial charge in [-0.3, -0.25) is 0 Å². The van der Waals surface area contributed by atoms with Crippen molar-refractivity contribution >= 4 is 33.2 Å². The van der Waals surface area contributed by atoms with Crippen LogP contribution in [0.1, 0.15) is 72.9 Å². The third-order valence-electron chi connectivity index (χ3n) is 13.0. The number of anilines is 2. The number of aryl methyl sites for hydroxylation is 2. The molecule has 0 saturated heterocycles. The van der Waals surface area contributed by atoms with Crippen molar-refractivity contribution in [2.45, 2.75) is 64.2 Å². The van der Waals surface area contributed by atoms with Crippen LogP contribution in [0.15, 0.2) is 200 Å². The van der Waals surface area contributed by atoms with Gasteiger partial charge in [0.2, 0.25) is 0 Å². The minimum absolute atomic E-state index is 0.571. The summed E-state index contributed by atoms with van der Waals surface area (Å²) in [4.78, 5) is 2.44. The first-order chi connectivity index (χ1) is 29.6. The Bertz CT molecular complexity index is 2880. The van der Waals surface area contributed by atoms with Gasteiger partial charge in [0.25, 0.3) is 0 Å². The van der Waals surface area contributed by atoms with Crippen LogP contribution in [0.25, 0.3) is 38.6 Å². The molecule has 7 aromatic carbocycles. The van der Waals surface area contributed by atoms with Crippen molar-refractivity contribution in [2.24, 2.45) is 0 Å². The third-order valence-corrected chi connectivity index (χ3v) is 13.0. The van der Waals surface area contributed by atoms with Crippen LogP contribution < -0.4 is 4.90 Å². The van der Waals surface area contributed by atoms with E-state index in [1.807, 2.05) is 0 Å². The molecule has 60 heavy (non-hydrogen) atoms. The van der Waals surface area contributed by atoms with Crippen LogP contribution in [0.5, 0.6) is 0 Å². The maximum Gasteiger partial charge on any atom is 0.0711 e. The second kappa shape index (κ2) is 15.8. The molecule has 1 aromatic heterocycles. The average molecular weight is 777 g/mol. The molecule has 0 N–H and O–H groups in total. The fourth-order valence-electron chi connectivity index (χ4n) is 10.1. The third kappa shape index (κ3) is 6.25. The Morgan fingerprint density at radius 2 is 1.18 bits per heavy atom. The summed E-state index contributed by atoms with van der Waals surface area (Å²) in [6.07, 6.45) is 14.7. The molecule has 0 unspecified atom stereocenters. The predicted molar refractivity (Wildman–Crippen MR) is 255 cm³/mol. The van der Waals surface area contributed by atoms with Crippen LogP contribution in [0.4, 0.5) is 11.4 Å². The van der Waals surface area contributed by atoms with E-state index < -0.39 is 5.41 Å². The first kappa shape index (κ1) is 37.6. The van der Waals surface area contributed by atoms with Gasteiger partial charge in [-0.2, -0.15) is 0 Å². The second-order valence-corrected chi connectivity index (χ2v) is 16.6. The molecule has 2 heteroatoms. The molecule has 10 rings (SSSR count). The number of hydrogen-bond acceptors (Lipinski definition) is 1. The minimum Gasteiger partial charge on any atom is -0.310 e. The van der Waals surface area contributed by atoms with Crippen LogP contribution in [0, 0.1) is 0 Å². The van der Waals surface area contributed by atoms with E-state index in [1.54, 1.807) is 0 Å². The highest BCUT2D eigenvalue weighted by Crippen LogP contribution is 2.58. The largest absolute Gasteiger partial charge is 0.310 e. The van der Waals surface area contributed by atoms with Crippen LogP contribution in [-0.2, 0) is 24.7 Å². The fraction of sp³-hybridized carbons (Fsp3) is 0.172. The Morgan fingerprint density at radius 1 is 0.567 bits per heavy atom. The van der Waals surface area contributed by atoms with Gasteiger partial charge in [-0.05, 0) is 143 Å². The Hall–Kier alpha value is -6.64. The number of fused-ring (bicyclic) bond motifs is 10. The molecule has 294 valence electrons. The summed E-state index contributed by atoms with van der Waals surface area (Å²) < 4.78 is 2.39. The Labute approximate surface area is 355 Å². The van der Waals surface area contributed by atoms with Crippen molar-refractivity contribution < 1.29 is 0 Å². The zero-order chi connectivity index (χ0) is 40.6. The maximum absolute atomic E-state index is 5.18. The molecular formula is C58H52N2. The summed E-state index contributed by atoms with van der Waals surface area (Å²) in [6.45, 7) is 9.76. The first-order valence-electron chi connectivity index (χ1n) is 22.0. The van der Waals surface area contributed by atoms with Gasteiger partial charge >= 0.3 is 0 Å². The lowest BCUT2D eigenvalue weighted by Gasteiger charge is -2.37. The smallest absolute Gasteiger partial charge is 0.0711 e. The molecule has 0 fully saturated rings. The van der Waals surface area contributed by atoms with Gasteiger partial charge in [-0.1, -0.05) is 155 Å². The van der Waals surface area contributed by atoms with Gasteiger partial charge in [-0.15, -0.1) is 0 Å². The lowest BCUT2D eigenvalue weighted by atomic mass is 9.65. The molecule has 2 nitrogen and oxygen atoms in total. The Balaban J connectivity index is 1.22. The Kier molecular flexibility index (Phi) is 9.94. The summed E-state index contributed by atoms with van der Waals surface area (Å²) in [7, 11) is 0. The second-order valence-electron chi connectivity index (χ2n) is 16.6. The molecule has 1 spiro atoms. The van der Waals surface area contributed by atoms with Crippen molar-refractivity contribution in [3.05, 3.63) is 233 Å². The molecule has 0 bridgehead atoms. The molecule has 2 aliphatic carbocycles. The molecule has 8 aromatic rings. The fourth-order valence-corrected chi connectivity index (χ4v) is 10.1. The highest BCUT2D eigenvalue weighted by molar-refractivity contribution is 6.10. The number of benzene rings is 7. The normalized spacial score (nSPS) is 15.4. The van der Waals surface area contributed by atoms with E-state index >= 15 is 0 Å². The van der Waals surface area contributed by atoms with Crippen molar-refractivity contribution in [1.29, 1.82) is 0 Å². The van der Waals surface area contributed by atoms with Gasteiger partial charge in [0.1, 0.15) is 0 Å². The number of hydrogen-bond donors (Lipinski definition) is 0. The number of allylic oxidation sites excluding steroid dienone is 4. The van der Waals surface area contributed by atoms with E-state index in [0.29, 0.717) is 0 Å². The molecule has 0 saturated carbocycles. The monoisotopic (exact) mass is 776 g/mol. The molecule has 0 radical (unpaired) electrons. The molecule has 0 atom stereocenters. The van der Waals surface area contributed by atoms with Gasteiger partial charge in [-0.25, -0.2) is 0 Å². The van der Waals surface area contributed by atoms with E-state index in [-0.39, 0.29) is 0 Å². The quantitative estimate of drug-likeness (QED) is 0.134. The predicted octanol–water partition coefficient (Wildman–Crippen LogP) is 15.2. The highest BCUT2D eigenvalue weighted by atomic mass is 15.1. The lowest BCUT2D eigenvalue weighted by Crippen LogP contribution is -2.30. The highest BCUT2D eigenvalue weighted by Gasteiger charge is 2.48. The minimum atomic E-state index is -0.571. The van der Waals surface area contributed by atoms with Gasteiger partial charge in [0.15, 0.2) is 0 Å². The van der Waals surface area contributed by atoms with E-state index in [0.717, 1.165) is 47.6 Å². The van der Waals surface area contributed by atoms with Crippen molar-refractivity contribution in [3.63, 3.8) is 0 Å². The topological polar surface area (TPSA) is 8.17 Å². The van der Waals surface area contributed by atoms with Crippen LogP contribution in [-0.4, -0.2) is 4.57 Å². The van der Waals surface area contributed by atoms with Crippen molar-refractivity contribution in [2.75, 3.05) is 4.90 Å². The number of nitrogens with zero attached hydrogens (tertiary/aromatic N) is 2. The zero-order valence-corrected chi connectivity index (χ0v) is 34.9. The molecule has 0 amide bonds. The number of para-hydroxylation sites is 3. The average Bonchev–Trinajstić information content (AvgIpc) is 3.79. The van der Waals surface area contributed by atoms with Gasteiger partial charge in [0, 0.05) is 33.5 Å². The van der Waals surface area contributed by atoms with Gasteiger partial charge < -0.3 is 9.47 Å². The molecular weight excluding hydrogens is 725 g/mol. The van der Waals surface area contributed by atoms with Crippen molar-refractivity contribution in [3.8, 4) is 16.8 Å². The van der Waals surface area contributed by atoms with Crippen LogP contribution in [0.3, 0.4) is 0 Å². The van der Waals surface area contributed by atoms with Gasteiger partial charge in [0.05, 0.1) is 16.4 Å². The van der Waals surface area contributed by atoms with E-state index in [4.69, 9.17) is 6.58 Å². The van der Waals surface area contributed by atoms with Crippen LogP contribution in [0.2, 0.25) is 0 Å². The standard InChI is InChI=1S/C58H52N2/c1-4-6-19-42-31-34-49-50-35-32-43(20-7-5-2)39-55(50)58(54(49)38-42)41(3)37-47(27-18-22-44-21-14-16-29-53(44)58)59(45-23-10-8-11-24-45)48-33-36-57-52(40-48)51-28-15-17-30-56(51)60(57)46-25-12-9-13-26-46/h8-18,21,23-40H,3-7,19-20,22H2,1-2H3/b27-18-,47-37+. The van der Waals surface area contributed by atoms with Crippen molar-refractivity contribution in [1.82, 2.24) is 4.57 Å². The zero-order valence-electron chi connectivity index (χ0n) is 34.9. The first-order valence-corrected chi connectivity index (χ1v) is 22.0. The Morgan fingerprint density at radius 3 is 1.88 bits per heavy atom. The summed E-state index contributed by atoms with van der Waals surface area (Å²) in [5, 5.41) is 2.46. The number of rotatable bonds is 10.